The highest BCUT2D eigenvalue weighted by atomic mass is 16.6. The summed E-state index contributed by atoms with van der Waals surface area (Å²) in [7, 11) is 0. The summed E-state index contributed by atoms with van der Waals surface area (Å²) in [5.74, 6) is 0. The minimum atomic E-state index is -0.537. The molecule has 7 nitrogen and oxygen atoms in total. The highest BCUT2D eigenvalue weighted by Gasteiger charge is 2.22. The number of anilines is 1. The van der Waals surface area contributed by atoms with E-state index in [9.17, 15) is 20.2 Å². The van der Waals surface area contributed by atoms with Gasteiger partial charge >= 0.3 is 0 Å². The van der Waals surface area contributed by atoms with Crippen molar-refractivity contribution in [2.45, 2.75) is 13.3 Å². The van der Waals surface area contributed by atoms with Crippen LogP contribution < -0.4 is 5.32 Å². The summed E-state index contributed by atoms with van der Waals surface area (Å²) in [6, 6.07) is 7.38. The van der Waals surface area contributed by atoms with Crippen LogP contribution in [0.15, 0.2) is 30.3 Å². The maximum atomic E-state index is 11.3. The number of hydrogen-bond acceptors (Lipinski definition) is 5. The van der Waals surface area contributed by atoms with Crippen LogP contribution in [0, 0.1) is 20.2 Å². The maximum absolute atomic E-state index is 11.3. The molecule has 0 heterocycles. The van der Waals surface area contributed by atoms with Gasteiger partial charge in [0.05, 0.1) is 20.6 Å². The topological polar surface area (TPSA) is 98.3 Å². The van der Waals surface area contributed by atoms with Crippen LogP contribution in [0.25, 0.3) is 10.8 Å². The van der Waals surface area contributed by atoms with Gasteiger partial charge in [0.2, 0.25) is 0 Å². The molecule has 1 N–H and O–H groups in total. The van der Waals surface area contributed by atoms with Crippen LogP contribution in [0.4, 0.5) is 17.1 Å². The number of benzene rings is 2. The lowest BCUT2D eigenvalue weighted by Crippen LogP contribution is -2.04. The number of nitro benzene ring substituents is 2. The molecule has 2 rings (SSSR count). The molecule has 20 heavy (non-hydrogen) atoms. The Morgan fingerprint density at radius 3 is 2.40 bits per heavy atom. The third kappa shape index (κ3) is 2.37. The second kappa shape index (κ2) is 5.52. The van der Waals surface area contributed by atoms with Crippen LogP contribution in [0.3, 0.4) is 0 Å². The molecule has 0 fully saturated rings. The molecule has 0 aliphatic carbocycles. The minimum Gasteiger partial charge on any atom is -0.379 e. The van der Waals surface area contributed by atoms with Crippen molar-refractivity contribution in [2.24, 2.45) is 0 Å². The molecule has 0 aliphatic heterocycles. The lowest BCUT2D eigenvalue weighted by molar-refractivity contribution is -0.384. The molecule has 2 aromatic rings. The molecule has 0 bridgehead atoms. The number of nitro groups is 2. The molecular weight excluding hydrogens is 262 g/mol. The molecular formula is C13H13N3O4. The van der Waals surface area contributed by atoms with Gasteiger partial charge in [-0.25, -0.2) is 0 Å². The molecule has 0 unspecified atom stereocenters. The fourth-order valence-corrected chi connectivity index (χ4v) is 2.08. The Morgan fingerprint density at radius 1 is 1.05 bits per heavy atom. The van der Waals surface area contributed by atoms with Crippen molar-refractivity contribution in [3.63, 3.8) is 0 Å². The fraction of sp³-hybridized carbons (Fsp3) is 0.231. The Balaban J connectivity index is 2.72. The van der Waals surface area contributed by atoms with Crippen molar-refractivity contribution < 1.29 is 9.85 Å². The number of nitrogens with zero attached hydrogens (tertiary/aromatic N) is 2. The monoisotopic (exact) mass is 275 g/mol. The quantitative estimate of drug-likeness (QED) is 0.665. The third-order valence-corrected chi connectivity index (χ3v) is 2.95. The molecule has 0 atom stereocenters. The Bertz CT molecular complexity index is 685. The van der Waals surface area contributed by atoms with Crippen LogP contribution >= 0.6 is 0 Å². The molecule has 0 spiro atoms. The zero-order valence-electron chi connectivity index (χ0n) is 10.8. The van der Waals surface area contributed by atoms with E-state index in [1.807, 2.05) is 6.92 Å². The predicted octanol–water partition coefficient (Wildman–Crippen LogP) is 3.48. The van der Waals surface area contributed by atoms with Crippen molar-refractivity contribution in [2.75, 3.05) is 11.9 Å². The van der Waals surface area contributed by atoms with Crippen molar-refractivity contribution in [3.05, 3.63) is 50.6 Å². The van der Waals surface area contributed by atoms with E-state index in [4.69, 9.17) is 0 Å². The van der Waals surface area contributed by atoms with Gasteiger partial charge in [0.25, 0.3) is 11.4 Å². The summed E-state index contributed by atoms with van der Waals surface area (Å²) < 4.78 is 0. The first-order valence-electron chi connectivity index (χ1n) is 6.14. The van der Waals surface area contributed by atoms with Gasteiger partial charge in [-0.05, 0) is 24.6 Å². The molecule has 0 saturated heterocycles. The largest absolute Gasteiger partial charge is 0.379 e. The van der Waals surface area contributed by atoms with Gasteiger partial charge in [0.1, 0.15) is 5.69 Å². The number of non-ortho nitro benzene ring substituents is 1. The van der Waals surface area contributed by atoms with Gasteiger partial charge < -0.3 is 5.32 Å². The van der Waals surface area contributed by atoms with Crippen molar-refractivity contribution in [3.8, 4) is 0 Å². The summed E-state index contributed by atoms with van der Waals surface area (Å²) in [6.45, 7) is 2.55. The minimum absolute atomic E-state index is 0.125. The van der Waals surface area contributed by atoms with Crippen molar-refractivity contribution >= 4 is 27.8 Å². The first-order chi connectivity index (χ1) is 9.56. The van der Waals surface area contributed by atoms with E-state index in [2.05, 4.69) is 5.32 Å². The zero-order valence-corrected chi connectivity index (χ0v) is 10.8. The van der Waals surface area contributed by atoms with Crippen LogP contribution in [0.5, 0.6) is 0 Å². The van der Waals surface area contributed by atoms with E-state index in [0.29, 0.717) is 12.2 Å². The lowest BCUT2D eigenvalue weighted by atomic mass is 10.1. The normalized spacial score (nSPS) is 10.4. The van der Waals surface area contributed by atoms with Gasteiger partial charge in [0, 0.05) is 12.6 Å². The molecule has 0 saturated carbocycles. The summed E-state index contributed by atoms with van der Waals surface area (Å²) >= 11 is 0. The maximum Gasteiger partial charge on any atom is 0.300 e. The Labute approximate surface area is 114 Å². The third-order valence-electron chi connectivity index (χ3n) is 2.95. The van der Waals surface area contributed by atoms with Gasteiger partial charge in [-0.1, -0.05) is 13.0 Å². The molecule has 2 aromatic carbocycles. The first kappa shape index (κ1) is 13.7. The Morgan fingerprint density at radius 2 is 1.80 bits per heavy atom. The van der Waals surface area contributed by atoms with Gasteiger partial charge in [-0.2, -0.15) is 0 Å². The van der Waals surface area contributed by atoms with Gasteiger partial charge in [0.15, 0.2) is 0 Å². The van der Waals surface area contributed by atoms with E-state index in [1.165, 1.54) is 24.3 Å². The van der Waals surface area contributed by atoms with E-state index in [1.54, 1.807) is 6.07 Å². The van der Waals surface area contributed by atoms with E-state index < -0.39 is 9.85 Å². The molecule has 7 heteroatoms. The highest BCUT2D eigenvalue weighted by molar-refractivity contribution is 6.01. The summed E-state index contributed by atoms with van der Waals surface area (Å²) in [4.78, 5) is 21.2. The molecule has 0 amide bonds. The van der Waals surface area contributed by atoms with Crippen LogP contribution in [0.2, 0.25) is 0 Å². The number of nitrogens with one attached hydrogen (secondary N) is 1. The summed E-state index contributed by atoms with van der Waals surface area (Å²) in [5.41, 5.74) is 0.122. The predicted molar refractivity (Wildman–Crippen MR) is 76.0 cm³/mol. The van der Waals surface area contributed by atoms with Crippen molar-refractivity contribution in [1.82, 2.24) is 0 Å². The highest BCUT2D eigenvalue weighted by Crippen LogP contribution is 2.37. The number of fused-ring (bicyclic) bond motifs is 1. The van der Waals surface area contributed by atoms with E-state index in [0.717, 1.165) is 6.42 Å². The van der Waals surface area contributed by atoms with Crippen LogP contribution in [0.1, 0.15) is 13.3 Å². The fourth-order valence-electron chi connectivity index (χ4n) is 2.08. The molecule has 104 valence electrons. The zero-order chi connectivity index (χ0) is 14.7. The second-order valence-electron chi connectivity index (χ2n) is 4.27. The van der Waals surface area contributed by atoms with Crippen LogP contribution in [-0.2, 0) is 0 Å². The average molecular weight is 275 g/mol. The van der Waals surface area contributed by atoms with E-state index in [-0.39, 0.29) is 22.1 Å². The molecule has 0 aliphatic rings. The Kier molecular flexibility index (Phi) is 3.79. The summed E-state index contributed by atoms with van der Waals surface area (Å²) in [6.07, 6.45) is 0.824. The van der Waals surface area contributed by atoms with Crippen molar-refractivity contribution in [1.29, 1.82) is 0 Å². The average Bonchev–Trinajstić information content (AvgIpc) is 2.43. The summed E-state index contributed by atoms with van der Waals surface area (Å²) in [5, 5.41) is 25.8. The molecule has 0 radical (unpaired) electrons. The molecule has 0 aromatic heterocycles. The number of rotatable bonds is 5. The van der Waals surface area contributed by atoms with E-state index >= 15 is 0 Å². The standard InChI is InChI=1S/C13H13N3O4/c1-2-8-14-11-7-6-9-10(13(11)16(19)20)4-3-5-12(9)15(17)18/h3-7,14H,2,8H2,1H3. The lowest BCUT2D eigenvalue weighted by Gasteiger charge is -2.08. The SMILES string of the molecule is CCCNc1ccc2c([N+](=O)[O-])cccc2c1[N+](=O)[O-]. The number of hydrogen-bond donors (Lipinski definition) is 1. The Hall–Kier alpha value is -2.70. The van der Waals surface area contributed by atoms with Crippen LogP contribution in [-0.4, -0.2) is 16.4 Å². The van der Waals surface area contributed by atoms with Gasteiger partial charge in [-0.3, -0.25) is 20.2 Å². The second-order valence-corrected chi connectivity index (χ2v) is 4.27. The smallest absolute Gasteiger partial charge is 0.300 e. The van der Waals surface area contributed by atoms with Gasteiger partial charge in [-0.15, -0.1) is 0 Å². The first-order valence-corrected chi connectivity index (χ1v) is 6.14.